The summed E-state index contributed by atoms with van der Waals surface area (Å²) in [6, 6.07) is 4.39. The van der Waals surface area contributed by atoms with Gasteiger partial charge in [-0.05, 0) is 60.3 Å². The van der Waals surface area contributed by atoms with Gasteiger partial charge in [0.1, 0.15) is 0 Å². The summed E-state index contributed by atoms with van der Waals surface area (Å²) in [4.78, 5) is 2.54. The molecule has 0 radical (unpaired) electrons. The predicted octanol–water partition coefficient (Wildman–Crippen LogP) is 5.25. The number of nitrogens with zero attached hydrogens (tertiary/aromatic N) is 1. The Labute approximate surface area is 177 Å². The zero-order valence-corrected chi connectivity index (χ0v) is 18.4. The Morgan fingerprint density at radius 3 is 2.43 bits per heavy atom. The number of benzene rings is 1. The number of rotatable bonds is 8. The van der Waals surface area contributed by atoms with E-state index in [1.807, 2.05) is 0 Å². The summed E-state index contributed by atoms with van der Waals surface area (Å²) in [6.45, 7) is 6.49. The fraction of sp³-hybridized carbons (Fsp3) is 0.739. The van der Waals surface area contributed by atoms with E-state index in [0.717, 1.165) is 43.9 Å². The van der Waals surface area contributed by atoms with Crippen LogP contribution in [0.5, 0.6) is 11.5 Å². The van der Waals surface area contributed by atoms with Crippen molar-refractivity contribution >= 4 is 0 Å². The number of methoxy groups -OCH3 is 2. The van der Waals surface area contributed by atoms with E-state index in [4.69, 9.17) is 14.2 Å². The molecule has 2 aliphatic heterocycles. The number of halogens is 3. The molecule has 0 aliphatic carbocycles. The zero-order valence-electron chi connectivity index (χ0n) is 18.4. The van der Waals surface area contributed by atoms with Gasteiger partial charge in [0.25, 0.3) is 0 Å². The first-order valence-electron chi connectivity index (χ1n) is 10.8. The molecule has 3 atom stereocenters. The van der Waals surface area contributed by atoms with Crippen molar-refractivity contribution in [2.75, 3.05) is 40.5 Å². The van der Waals surface area contributed by atoms with Gasteiger partial charge in [0, 0.05) is 25.7 Å². The Hall–Kier alpha value is -1.47. The lowest BCUT2D eigenvalue weighted by molar-refractivity contribution is -0.147. The van der Waals surface area contributed by atoms with Crippen LogP contribution in [-0.2, 0) is 11.2 Å². The van der Waals surface area contributed by atoms with Crippen LogP contribution in [0.15, 0.2) is 12.1 Å². The van der Waals surface area contributed by atoms with E-state index in [1.165, 1.54) is 11.1 Å². The summed E-state index contributed by atoms with van der Waals surface area (Å²) < 4.78 is 54.0. The van der Waals surface area contributed by atoms with Crippen LogP contribution in [-0.4, -0.2) is 51.6 Å². The van der Waals surface area contributed by atoms with Crippen molar-refractivity contribution < 1.29 is 27.4 Å². The molecule has 2 aliphatic rings. The Bertz CT molecular complexity index is 708. The van der Waals surface area contributed by atoms with Crippen molar-refractivity contribution in [2.45, 2.75) is 51.7 Å². The Kier molecular flexibility index (Phi) is 7.56. The lowest BCUT2D eigenvalue weighted by Crippen LogP contribution is -2.47. The second-order valence-electron chi connectivity index (χ2n) is 8.99. The number of hydrogen-bond acceptors (Lipinski definition) is 4. The van der Waals surface area contributed by atoms with Crippen LogP contribution < -0.4 is 9.47 Å². The molecule has 1 saturated heterocycles. The van der Waals surface area contributed by atoms with E-state index in [9.17, 15) is 13.2 Å². The van der Waals surface area contributed by atoms with Gasteiger partial charge in [-0.3, -0.25) is 4.90 Å². The predicted molar refractivity (Wildman–Crippen MR) is 110 cm³/mol. The van der Waals surface area contributed by atoms with Gasteiger partial charge in [0.15, 0.2) is 11.5 Å². The molecular formula is C23H34F3NO3. The Morgan fingerprint density at radius 2 is 1.80 bits per heavy atom. The minimum Gasteiger partial charge on any atom is -0.493 e. The van der Waals surface area contributed by atoms with Crippen LogP contribution in [0, 0.1) is 17.8 Å². The molecule has 3 rings (SSSR count). The molecule has 7 heteroatoms. The highest BCUT2D eigenvalue weighted by molar-refractivity contribution is 5.49. The summed E-state index contributed by atoms with van der Waals surface area (Å²) >= 11 is 0. The van der Waals surface area contributed by atoms with E-state index < -0.39 is 12.6 Å². The lowest BCUT2D eigenvalue weighted by atomic mass is 9.74. The van der Waals surface area contributed by atoms with Gasteiger partial charge >= 0.3 is 6.18 Å². The number of hydrogen-bond donors (Lipinski definition) is 0. The van der Waals surface area contributed by atoms with Gasteiger partial charge in [0.2, 0.25) is 0 Å². The molecule has 0 aromatic heterocycles. The molecule has 2 heterocycles. The average Bonchev–Trinajstić information content (AvgIpc) is 2.69. The lowest BCUT2D eigenvalue weighted by Gasteiger charge is -2.47. The largest absolute Gasteiger partial charge is 0.493 e. The fourth-order valence-corrected chi connectivity index (χ4v) is 5.00. The first-order chi connectivity index (χ1) is 14.2. The molecule has 0 saturated carbocycles. The van der Waals surface area contributed by atoms with Gasteiger partial charge in [-0.25, -0.2) is 0 Å². The van der Waals surface area contributed by atoms with Crippen molar-refractivity contribution in [3.8, 4) is 11.5 Å². The minimum absolute atomic E-state index is 0.244. The van der Waals surface area contributed by atoms with E-state index in [-0.39, 0.29) is 18.6 Å². The van der Waals surface area contributed by atoms with Crippen LogP contribution in [0.25, 0.3) is 0 Å². The van der Waals surface area contributed by atoms with Crippen molar-refractivity contribution in [1.82, 2.24) is 4.90 Å². The quantitative estimate of drug-likeness (QED) is 0.528. The van der Waals surface area contributed by atoms with Crippen molar-refractivity contribution in [1.29, 1.82) is 0 Å². The smallest absolute Gasteiger partial charge is 0.391 e. The number of fused-ring (bicyclic) bond motifs is 3. The van der Waals surface area contributed by atoms with Gasteiger partial charge in [-0.2, -0.15) is 13.2 Å². The molecule has 0 bridgehead atoms. The van der Waals surface area contributed by atoms with Crippen LogP contribution >= 0.6 is 0 Å². The highest BCUT2D eigenvalue weighted by atomic mass is 19.4. The molecule has 0 N–H and O–H groups in total. The molecular weight excluding hydrogens is 395 g/mol. The monoisotopic (exact) mass is 429 g/mol. The summed E-state index contributed by atoms with van der Waals surface area (Å²) in [6.07, 6.45) is -2.13. The van der Waals surface area contributed by atoms with E-state index in [2.05, 4.69) is 30.9 Å². The van der Waals surface area contributed by atoms with Crippen molar-refractivity contribution in [2.24, 2.45) is 17.8 Å². The molecule has 30 heavy (non-hydrogen) atoms. The van der Waals surface area contributed by atoms with E-state index in [0.29, 0.717) is 18.4 Å². The maximum Gasteiger partial charge on any atom is 0.391 e. The Morgan fingerprint density at radius 1 is 1.10 bits per heavy atom. The molecule has 170 valence electrons. The highest BCUT2D eigenvalue weighted by Gasteiger charge is 2.39. The maximum atomic E-state index is 12.5. The van der Waals surface area contributed by atoms with Crippen LogP contribution in [0.2, 0.25) is 0 Å². The first-order valence-corrected chi connectivity index (χ1v) is 10.8. The maximum absolute atomic E-state index is 12.5. The molecule has 1 aromatic carbocycles. The standard InChI is InChI=1S/C23H34F3NO3/c1-15(2)9-17-13-27-7-5-16-11-21(28-3)22(29-4)12-19(16)20(27)10-18(17)14-30-8-6-23(24,25)26/h11-12,15,17-18,20H,5-10,13-14H2,1-4H3. The zero-order chi connectivity index (χ0) is 21.9. The van der Waals surface area contributed by atoms with Crippen molar-refractivity contribution in [3.05, 3.63) is 23.3 Å². The van der Waals surface area contributed by atoms with E-state index >= 15 is 0 Å². The third-order valence-corrected chi connectivity index (χ3v) is 6.41. The van der Waals surface area contributed by atoms with Crippen molar-refractivity contribution in [3.63, 3.8) is 0 Å². The van der Waals surface area contributed by atoms with Gasteiger partial charge in [-0.1, -0.05) is 13.8 Å². The van der Waals surface area contributed by atoms with Crippen LogP contribution in [0.1, 0.15) is 50.3 Å². The normalized spacial score (nSPS) is 24.5. The molecule has 1 fully saturated rings. The minimum atomic E-state index is -4.17. The summed E-state index contributed by atoms with van der Waals surface area (Å²) in [5.74, 6) is 2.70. The SMILES string of the molecule is COc1cc2c(cc1OC)C1CC(COCCC(F)(F)F)C(CC(C)C)CN1CC2. The Balaban J connectivity index is 1.77. The second-order valence-corrected chi connectivity index (χ2v) is 8.99. The third kappa shape index (κ3) is 5.61. The summed E-state index contributed by atoms with van der Waals surface area (Å²) in [5.41, 5.74) is 2.52. The molecule has 4 nitrogen and oxygen atoms in total. The molecule has 0 spiro atoms. The van der Waals surface area contributed by atoms with Gasteiger partial charge in [-0.15, -0.1) is 0 Å². The highest BCUT2D eigenvalue weighted by Crippen LogP contribution is 2.45. The second kappa shape index (κ2) is 9.77. The van der Waals surface area contributed by atoms with Gasteiger partial charge in [0.05, 0.1) is 27.2 Å². The van der Waals surface area contributed by atoms with Crippen LogP contribution in [0.3, 0.4) is 0 Å². The first kappa shape index (κ1) is 23.2. The number of alkyl halides is 3. The molecule has 3 unspecified atom stereocenters. The summed E-state index contributed by atoms with van der Waals surface area (Å²) in [5, 5.41) is 0. The van der Waals surface area contributed by atoms with Gasteiger partial charge < -0.3 is 14.2 Å². The molecule has 1 aromatic rings. The number of piperidine rings is 1. The number of ether oxygens (including phenoxy) is 3. The molecule has 0 amide bonds. The third-order valence-electron chi connectivity index (χ3n) is 6.41. The fourth-order valence-electron chi connectivity index (χ4n) is 5.00. The van der Waals surface area contributed by atoms with Crippen LogP contribution in [0.4, 0.5) is 13.2 Å². The topological polar surface area (TPSA) is 30.9 Å². The van der Waals surface area contributed by atoms with E-state index in [1.54, 1.807) is 14.2 Å². The average molecular weight is 430 g/mol. The summed E-state index contributed by atoms with van der Waals surface area (Å²) in [7, 11) is 3.28.